The van der Waals surface area contributed by atoms with Gasteiger partial charge in [-0.15, -0.1) is 0 Å². The third kappa shape index (κ3) is 4.75. The second-order valence-electron chi connectivity index (χ2n) is 4.86. The summed E-state index contributed by atoms with van der Waals surface area (Å²) in [5.41, 5.74) is 0. The van der Waals surface area contributed by atoms with Crippen molar-refractivity contribution in [2.75, 3.05) is 19.8 Å². The molecule has 1 atom stereocenters. The highest BCUT2D eigenvalue weighted by Gasteiger charge is 2.41. The fourth-order valence-corrected chi connectivity index (χ4v) is 3.49. The molecule has 0 aromatic carbocycles. The van der Waals surface area contributed by atoms with Crippen molar-refractivity contribution >= 4 is 8.65 Å². The van der Waals surface area contributed by atoms with Gasteiger partial charge in [0.25, 0.3) is 0 Å². The highest BCUT2D eigenvalue weighted by molar-refractivity contribution is 6.66. The van der Waals surface area contributed by atoms with Crippen LogP contribution in [0.5, 0.6) is 0 Å². The standard InChI is InChI=1S/C14H27FO4Si/c1-5-16-13-9-10-14(17-6-2,18-11-13)12-19-20(15,7-3)8-4/h11H,5-10,12H2,1-4H3/t14-/m0/s1. The van der Waals surface area contributed by atoms with Crippen molar-refractivity contribution < 1.29 is 22.7 Å². The first-order valence-electron chi connectivity index (χ1n) is 7.49. The van der Waals surface area contributed by atoms with Gasteiger partial charge >= 0.3 is 8.65 Å². The SMILES string of the molecule is CCOC1=CO[C@@](CO[Si](F)(CC)CC)(OCC)CC1. The van der Waals surface area contributed by atoms with Crippen LogP contribution in [0.15, 0.2) is 12.0 Å². The van der Waals surface area contributed by atoms with E-state index in [1.165, 1.54) is 0 Å². The molecular weight excluding hydrogens is 279 g/mol. The molecule has 0 saturated carbocycles. The molecule has 0 aromatic heterocycles. The van der Waals surface area contributed by atoms with Gasteiger partial charge in [-0.1, -0.05) is 13.8 Å². The van der Waals surface area contributed by atoms with Crippen LogP contribution in [-0.4, -0.2) is 34.3 Å². The van der Waals surface area contributed by atoms with Gasteiger partial charge in [0.1, 0.15) is 18.6 Å². The summed E-state index contributed by atoms with van der Waals surface area (Å²) in [7, 11) is -3.10. The Bertz CT molecular complexity index is 320. The van der Waals surface area contributed by atoms with Gasteiger partial charge in [-0.05, 0) is 25.9 Å². The number of hydrogen-bond acceptors (Lipinski definition) is 4. The summed E-state index contributed by atoms with van der Waals surface area (Å²) in [5, 5.41) is 0. The minimum Gasteiger partial charge on any atom is -0.495 e. The number of hydrogen-bond donors (Lipinski definition) is 0. The monoisotopic (exact) mass is 306 g/mol. The predicted molar refractivity (Wildman–Crippen MR) is 78.2 cm³/mol. The van der Waals surface area contributed by atoms with Gasteiger partial charge < -0.3 is 18.6 Å². The topological polar surface area (TPSA) is 36.9 Å². The molecule has 0 aromatic rings. The molecule has 4 nitrogen and oxygen atoms in total. The fraction of sp³-hybridized carbons (Fsp3) is 0.857. The lowest BCUT2D eigenvalue weighted by Gasteiger charge is -2.37. The van der Waals surface area contributed by atoms with Gasteiger partial charge in [-0.2, -0.15) is 0 Å². The number of allylic oxidation sites excluding steroid dienone is 1. The normalized spacial score (nSPS) is 23.1. The molecule has 0 bridgehead atoms. The summed E-state index contributed by atoms with van der Waals surface area (Å²) in [6.45, 7) is 8.74. The third-order valence-electron chi connectivity index (χ3n) is 3.50. The first-order chi connectivity index (χ1) is 9.53. The molecule has 0 spiro atoms. The predicted octanol–water partition coefficient (Wildman–Crippen LogP) is 3.88. The Balaban J connectivity index is 2.65. The average Bonchev–Trinajstić information content (AvgIpc) is 2.48. The maximum atomic E-state index is 14.4. The van der Waals surface area contributed by atoms with Gasteiger partial charge in [-0.25, -0.2) is 0 Å². The summed E-state index contributed by atoms with van der Waals surface area (Å²) in [6.07, 6.45) is 2.91. The Hall–Kier alpha value is -0.593. The van der Waals surface area contributed by atoms with Gasteiger partial charge in [0.15, 0.2) is 0 Å². The minimum atomic E-state index is -3.10. The van der Waals surface area contributed by atoms with Crippen LogP contribution in [-0.2, 0) is 18.6 Å². The van der Waals surface area contributed by atoms with E-state index < -0.39 is 14.4 Å². The third-order valence-corrected chi connectivity index (χ3v) is 6.27. The Morgan fingerprint density at radius 1 is 1.25 bits per heavy atom. The van der Waals surface area contributed by atoms with Crippen LogP contribution >= 0.6 is 0 Å². The van der Waals surface area contributed by atoms with E-state index in [1.807, 2.05) is 27.7 Å². The molecule has 1 aliphatic rings. The molecule has 0 aliphatic carbocycles. The molecule has 0 amide bonds. The van der Waals surface area contributed by atoms with E-state index in [1.54, 1.807) is 6.26 Å². The summed E-state index contributed by atoms with van der Waals surface area (Å²) in [6, 6.07) is 0.900. The van der Waals surface area contributed by atoms with E-state index in [9.17, 15) is 4.11 Å². The Morgan fingerprint density at radius 2 is 1.95 bits per heavy atom. The molecule has 0 radical (unpaired) electrons. The van der Waals surface area contributed by atoms with Crippen molar-refractivity contribution in [2.24, 2.45) is 0 Å². The largest absolute Gasteiger partial charge is 0.495 e. The first-order valence-corrected chi connectivity index (χ1v) is 9.69. The van der Waals surface area contributed by atoms with Crippen LogP contribution in [0.3, 0.4) is 0 Å². The smallest absolute Gasteiger partial charge is 0.383 e. The summed E-state index contributed by atoms with van der Waals surface area (Å²) < 4.78 is 36.7. The average molecular weight is 306 g/mol. The van der Waals surface area contributed by atoms with Crippen molar-refractivity contribution in [3.05, 3.63) is 12.0 Å². The number of ether oxygens (including phenoxy) is 3. The molecule has 6 heteroatoms. The molecule has 0 fully saturated rings. The van der Waals surface area contributed by atoms with E-state index in [2.05, 4.69) is 0 Å². The van der Waals surface area contributed by atoms with Crippen LogP contribution in [0, 0.1) is 0 Å². The molecule has 1 aliphatic heterocycles. The van der Waals surface area contributed by atoms with Crippen molar-refractivity contribution in [3.63, 3.8) is 0 Å². The quantitative estimate of drug-likeness (QED) is 0.478. The lowest BCUT2D eigenvalue weighted by Crippen LogP contribution is -2.46. The van der Waals surface area contributed by atoms with E-state index in [-0.39, 0.29) is 6.61 Å². The Kier molecular flexibility index (Phi) is 6.98. The van der Waals surface area contributed by atoms with Crippen molar-refractivity contribution in [1.29, 1.82) is 0 Å². The van der Waals surface area contributed by atoms with Crippen LogP contribution < -0.4 is 0 Å². The van der Waals surface area contributed by atoms with Crippen LogP contribution in [0.1, 0.15) is 40.5 Å². The van der Waals surface area contributed by atoms with Crippen LogP contribution in [0.2, 0.25) is 12.1 Å². The van der Waals surface area contributed by atoms with E-state index in [0.29, 0.717) is 31.7 Å². The summed E-state index contributed by atoms with van der Waals surface area (Å²) >= 11 is 0. The molecule has 0 unspecified atom stereocenters. The zero-order chi connectivity index (χ0) is 15.1. The van der Waals surface area contributed by atoms with Crippen molar-refractivity contribution in [1.82, 2.24) is 0 Å². The molecular formula is C14H27FO4Si. The van der Waals surface area contributed by atoms with E-state index >= 15 is 0 Å². The van der Waals surface area contributed by atoms with Gasteiger partial charge in [0.2, 0.25) is 5.79 Å². The molecule has 20 heavy (non-hydrogen) atoms. The van der Waals surface area contributed by atoms with Crippen LogP contribution in [0.4, 0.5) is 4.11 Å². The van der Waals surface area contributed by atoms with E-state index in [0.717, 1.165) is 12.2 Å². The summed E-state index contributed by atoms with van der Waals surface area (Å²) in [4.78, 5) is 0. The van der Waals surface area contributed by atoms with Gasteiger partial charge in [0, 0.05) is 19.4 Å². The Morgan fingerprint density at radius 3 is 2.40 bits per heavy atom. The van der Waals surface area contributed by atoms with Gasteiger partial charge in [0.05, 0.1) is 6.61 Å². The lowest BCUT2D eigenvalue weighted by atomic mass is 10.1. The molecule has 118 valence electrons. The van der Waals surface area contributed by atoms with Crippen molar-refractivity contribution in [3.8, 4) is 0 Å². The molecule has 1 rings (SSSR count). The van der Waals surface area contributed by atoms with Crippen LogP contribution in [0.25, 0.3) is 0 Å². The second-order valence-corrected chi connectivity index (χ2v) is 8.33. The van der Waals surface area contributed by atoms with Gasteiger partial charge in [-0.3, -0.25) is 4.11 Å². The minimum absolute atomic E-state index is 0.140. The maximum absolute atomic E-state index is 14.4. The first kappa shape index (κ1) is 17.5. The zero-order valence-electron chi connectivity index (χ0n) is 13.0. The number of rotatable bonds is 9. The maximum Gasteiger partial charge on any atom is 0.383 e. The Labute approximate surface area is 122 Å². The molecule has 1 heterocycles. The highest BCUT2D eigenvalue weighted by Crippen LogP contribution is 2.31. The zero-order valence-corrected chi connectivity index (χ0v) is 14.0. The lowest BCUT2D eigenvalue weighted by molar-refractivity contribution is -0.235. The fourth-order valence-electron chi connectivity index (χ4n) is 2.11. The highest BCUT2D eigenvalue weighted by atomic mass is 28.4. The number of halogens is 1. The molecule has 0 saturated heterocycles. The summed E-state index contributed by atoms with van der Waals surface area (Å²) in [5.74, 6) is -0.0677. The second kappa shape index (κ2) is 8.00. The van der Waals surface area contributed by atoms with E-state index in [4.69, 9.17) is 18.6 Å². The molecule has 0 N–H and O–H groups in total. The van der Waals surface area contributed by atoms with Crippen molar-refractivity contribution in [2.45, 2.75) is 58.4 Å².